The van der Waals surface area contributed by atoms with Crippen LogP contribution in [0, 0.1) is 0 Å². The fraction of sp³-hybridized carbons (Fsp3) is 0.143. The van der Waals surface area contributed by atoms with E-state index in [1.54, 1.807) is 60.7 Å². The van der Waals surface area contributed by atoms with Gasteiger partial charge in [-0.05, 0) is 65.6 Å². The van der Waals surface area contributed by atoms with E-state index in [1.807, 2.05) is 48.5 Å². The number of fused-ring (bicyclic) bond motifs is 1. The van der Waals surface area contributed by atoms with Crippen molar-refractivity contribution in [1.82, 2.24) is 10.2 Å². The first-order valence-corrected chi connectivity index (χ1v) is 15.0. The van der Waals surface area contributed by atoms with Crippen molar-refractivity contribution in [2.45, 2.75) is 24.7 Å². The highest BCUT2D eigenvalue weighted by atomic mass is 32.2. The lowest BCUT2D eigenvalue weighted by Gasteiger charge is -2.14. The predicted molar refractivity (Wildman–Crippen MR) is 170 cm³/mol. The minimum atomic E-state index is -0.467. The molecule has 0 radical (unpaired) electrons. The molecule has 0 fully saturated rings. The molecule has 4 aromatic carbocycles. The van der Waals surface area contributed by atoms with Crippen molar-refractivity contribution in [2.75, 3.05) is 17.6 Å². The molecule has 1 aliphatic heterocycles. The topological polar surface area (TPSA) is 95.6 Å². The highest BCUT2D eigenvalue weighted by Gasteiger charge is 2.34. The number of amides is 4. The van der Waals surface area contributed by atoms with E-state index in [1.165, 1.54) is 22.2 Å². The highest BCUT2D eigenvalue weighted by Crippen LogP contribution is 2.26. The molecule has 0 bridgehead atoms. The number of imide groups is 1. The predicted octanol–water partition coefficient (Wildman–Crippen LogP) is 6.61. The van der Waals surface area contributed by atoms with Crippen molar-refractivity contribution in [3.63, 3.8) is 0 Å². The van der Waals surface area contributed by atoms with Gasteiger partial charge in [-0.15, -0.1) is 11.8 Å². The Morgan fingerprint density at radius 3 is 2.12 bits per heavy atom. The van der Waals surface area contributed by atoms with Crippen LogP contribution in [-0.2, 0) is 4.79 Å². The number of carbonyl (C=O) groups excluding carboxylic acids is 4. The van der Waals surface area contributed by atoms with E-state index in [4.69, 9.17) is 0 Å². The van der Waals surface area contributed by atoms with Crippen LogP contribution in [0.3, 0.4) is 0 Å². The van der Waals surface area contributed by atoms with Crippen LogP contribution in [0.15, 0.2) is 114 Å². The van der Waals surface area contributed by atoms with Gasteiger partial charge in [-0.25, -0.2) is 0 Å². The maximum Gasteiger partial charge on any atom is 0.272 e. The molecule has 0 aliphatic carbocycles. The van der Waals surface area contributed by atoms with Crippen LogP contribution < -0.4 is 10.6 Å². The Bertz CT molecular complexity index is 1660. The van der Waals surface area contributed by atoms with E-state index in [-0.39, 0.29) is 24.1 Å². The number of benzene rings is 4. The summed E-state index contributed by atoms with van der Waals surface area (Å²) in [6.07, 6.45) is 1.65. The number of anilines is 1. The number of nitrogens with zero attached hydrogens (tertiary/aromatic N) is 1. The van der Waals surface area contributed by atoms with Crippen LogP contribution in [0.25, 0.3) is 6.08 Å². The fourth-order valence-corrected chi connectivity index (χ4v) is 5.54. The van der Waals surface area contributed by atoms with Crippen molar-refractivity contribution < 1.29 is 19.2 Å². The van der Waals surface area contributed by atoms with Crippen LogP contribution in [0.5, 0.6) is 0 Å². The number of carbonyl (C=O) groups is 4. The third-order valence-electron chi connectivity index (χ3n) is 7.00. The van der Waals surface area contributed by atoms with Crippen LogP contribution in [0.1, 0.15) is 62.0 Å². The van der Waals surface area contributed by atoms with Crippen molar-refractivity contribution in [3.05, 3.63) is 137 Å². The molecule has 7 nitrogen and oxygen atoms in total. The SMILES string of the molecule is CC(C)c1ccc(/C=C(/NC(=O)c2ccccc2)C(=O)Nc2cccc(SCCN3C(=O)c4ccccc4C3=O)c2)cc1. The molecule has 0 atom stereocenters. The molecule has 1 heterocycles. The number of thioether (sulfide) groups is 1. The molecule has 8 heteroatoms. The van der Waals surface area contributed by atoms with Gasteiger partial charge in [-0.3, -0.25) is 24.1 Å². The number of hydrogen-bond donors (Lipinski definition) is 2. The summed E-state index contributed by atoms with van der Waals surface area (Å²) in [5, 5.41) is 5.66. The van der Waals surface area contributed by atoms with Gasteiger partial charge in [-0.1, -0.05) is 74.5 Å². The molecule has 216 valence electrons. The largest absolute Gasteiger partial charge is 0.321 e. The fourth-order valence-electron chi connectivity index (χ4n) is 4.65. The van der Waals surface area contributed by atoms with E-state index >= 15 is 0 Å². The second-order valence-electron chi connectivity index (χ2n) is 10.3. The molecule has 0 unspecified atom stereocenters. The van der Waals surface area contributed by atoms with Gasteiger partial charge in [0.25, 0.3) is 23.6 Å². The minimum absolute atomic E-state index is 0.106. The van der Waals surface area contributed by atoms with Gasteiger partial charge in [0, 0.05) is 28.4 Å². The second kappa shape index (κ2) is 13.4. The maximum absolute atomic E-state index is 13.5. The zero-order valence-corrected chi connectivity index (χ0v) is 24.7. The zero-order chi connectivity index (χ0) is 30.3. The molecule has 0 saturated heterocycles. The average molecular weight is 590 g/mol. The lowest BCUT2D eigenvalue weighted by atomic mass is 10.0. The van der Waals surface area contributed by atoms with Gasteiger partial charge >= 0.3 is 0 Å². The van der Waals surface area contributed by atoms with Gasteiger partial charge < -0.3 is 10.6 Å². The number of rotatable bonds is 10. The first-order valence-electron chi connectivity index (χ1n) is 14.0. The molecular weight excluding hydrogens is 558 g/mol. The summed E-state index contributed by atoms with van der Waals surface area (Å²) in [7, 11) is 0. The zero-order valence-electron chi connectivity index (χ0n) is 23.9. The van der Waals surface area contributed by atoms with Crippen molar-refractivity contribution >= 4 is 47.2 Å². The van der Waals surface area contributed by atoms with Crippen molar-refractivity contribution in [1.29, 1.82) is 0 Å². The summed E-state index contributed by atoms with van der Waals surface area (Å²) in [6.45, 7) is 4.49. The molecule has 2 N–H and O–H groups in total. The standard InChI is InChI=1S/C35H31N3O4S/c1-23(2)25-17-15-24(16-18-25)21-31(37-32(39)26-9-4-3-5-10-26)33(40)36-27-11-8-12-28(22-27)43-20-19-38-34(41)29-13-6-7-14-30(29)35(38)42/h3-18,21-23H,19-20H2,1-2H3,(H,36,40)(H,37,39)/b31-21+. The monoisotopic (exact) mass is 589 g/mol. The second-order valence-corrected chi connectivity index (χ2v) is 11.5. The molecule has 0 saturated carbocycles. The third-order valence-corrected chi connectivity index (χ3v) is 7.97. The van der Waals surface area contributed by atoms with E-state index < -0.39 is 11.8 Å². The smallest absolute Gasteiger partial charge is 0.272 e. The highest BCUT2D eigenvalue weighted by molar-refractivity contribution is 7.99. The molecule has 0 aromatic heterocycles. The Labute approximate surface area is 255 Å². The summed E-state index contributed by atoms with van der Waals surface area (Å²) >= 11 is 1.47. The van der Waals surface area contributed by atoms with Crippen molar-refractivity contribution in [3.8, 4) is 0 Å². The summed E-state index contributed by atoms with van der Waals surface area (Å²) < 4.78 is 0. The molecule has 4 amide bonds. The molecular formula is C35H31N3O4S. The Hall–Kier alpha value is -4.95. The van der Waals surface area contributed by atoms with Crippen LogP contribution in [0.4, 0.5) is 5.69 Å². The minimum Gasteiger partial charge on any atom is -0.321 e. The van der Waals surface area contributed by atoms with Gasteiger partial charge in [0.1, 0.15) is 5.70 Å². The Morgan fingerprint density at radius 1 is 0.814 bits per heavy atom. The maximum atomic E-state index is 13.5. The van der Waals surface area contributed by atoms with E-state index in [0.29, 0.717) is 34.0 Å². The summed E-state index contributed by atoms with van der Waals surface area (Å²) in [4.78, 5) is 53.8. The first-order chi connectivity index (χ1) is 20.8. The van der Waals surface area contributed by atoms with Gasteiger partial charge in [-0.2, -0.15) is 0 Å². The molecule has 43 heavy (non-hydrogen) atoms. The molecule has 1 aliphatic rings. The lowest BCUT2D eigenvalue weighted by molar-refractivity contribution is -0.113. The van der Waals surface area contributed by atoms with E-state index in [2.05, 4.69) is 24.5 Å². The van der Waals surface area contributed by atoms with Crippen LogP contribution in [0.2, 0.25) is 0 Å². The summed E-state index contributed by atoms with van der Waals surface area (Å²) in [6, 6.07) is 30.7. The van der Waals surface area contributed by atoms with Crippen LogP contribution >= 0.6 is 11.8 Å². The molecule has 0 spiro atoms. The number of hydrogen-bond acceptors (Lipinski definition) is 5. The Kier molecular flexibility index (Phi) is 9.17. The Balaban J connectivity index is 1.27. The first kappa shape index (κ1) is 29.5. The van der Waals surface area contributed by atoms with Gasteiger partial charge in [0.2, 0.25) is 0 Å². The van der Waals surface area contributed by atoms with E-state index in [0.717, 1.165) is 10.5 Å². The Morgan fingerprint density at radius 2 is 1.47 bits per heavy atom. The van der Waals surface area contributed by atoms with Crippen LogP contribution in [-0.4, -0.2) is 40.8 Å². The molecule has 5 rings (SSSR count). The molecule has 4 aromatic rings. The van der Waals surface area contributed by atoms with Gasteiger partial charge in [0.05, 0.1) is 11.1 Å². The summed E-state index contributed by atoms with van der Waals surface area (Å²) in [5.74, 6) is -0.552. The number of nitrogens with one attached hydrogen (secondary N) is 2. The third kappa shape index (κ3) is 7.10. The summed E-state index contributed by atoms with van der Waals surface area (Å²) in [5.41, 5.74) is 3.91. The van der Waals surface area contributed by atoms with Gasteiger partial charge in [0.15, 0.2) is 0 Å². The normalized spacial score (nSPS) is 12.8. The quantitative estimate of drug-likeness (QED) is 0.123. The lowest BCUT2D eigenvalue weighted by Crippen LogP contribution is -2.31. The average Bonchev–Trinajstić information content (AvgIpc) is 3.26. The van der Waals surface area contributed by atoms with E-state index in [9.17, 15) is 19.2 Å². The van der Waals surface area contributed by atoms with Crippen molar-refractivity contribution in [2.24, 2.45) is 0 Å².